The summed E-state index contributed by atoms with van der Waals surface area (Å²) < 4.78 is 5.30. The number of rotatable bonds is 5. The summed E-state index contributed by atoms with van der Waals surface area (Å²) in [6.45, 7) is 4.97. The summed E-state index contributed by atoms with van der Waals surface area (Å²) in [5.74, 6) is -1.48. The molecule has 0 fully saturated rings. The van der Waals surface area contributed by atoms with Crippen LogP contribution >= 0.6 is 0 Å². The number of esters is 1. The van der Waals surface area contributed by atoms with Crippen LogP contribution in [0.1, 0.15) is 31.1 Å². The predicted molar refractivity (Wildman–Crippen MR) is 87.1 cm³/mol. The van der Waals surface area contributed by atoms with E-state index in [1.54, 1.807) is 45.0 Å². The van der Waals surface area contributed by atoms with Crippen LogP contribution in [0.5, 0.6) is 0 Å². The Morgan fingerprint density at radius 2 is 2.00 bits per heavy atom. The van der Waals surface area contributed by atoms with Crippen molar-refractivity contribution in [3.05, 3.63) is 41.6 Å². The molecule has 0 unspecified atom stereocenters. The van der Waals surface area contributed by atoms with Crippen molar-refractivity contribution in [2.75, 3.05) is 18.5 Å². The smallest absolute Gasteiger partial charge is 0.338 e. The van der Waals surface area contributed by atoms with Crippen LogP contribution in [-0.4, -0.2) is 46.5 Å². The van der Waals surface area contributed by atoms with Crippen LogP contribution < -0.4 is 5.32 Å². The number of imide groups is 1. The maximum absolute atomic E-state index is 12.1. The van der Waals surface area contributed by atoms with Crippen molar-refractivity contribution in [2.24, 2.45) is 0 Å². The van der Waals surface area contributed by atoms with E-state index in [1.165, 1.54) is 0 Å². The maximum atomic E-state index is 12.1. The van der Waals surface area contributed by atoms with Crippen LogP contribution in [0.4, 0.5) is 5.69 Å². The standard InChI is InChI=1S/C17H20N2O5/c1-17(2,3)24-16(23)11-5-4-6-12(9-11)18-13-10-14(21)19(7-8-20)15(13)22/h4-6,9-10,18,20H,7-8H2,1-3H3. The largest absolute Gasteiger partial charge is 0.456 e. The molecule has 1 aromatic carbocycles. The number of ether oxygens (including phenoxy) is 1. The van der Waals surface area contributed by atoms with E-state index in [1.807, 2.05) is 0 Å². The average Bonchev–Trinajstić information content (AvgIpc) is 2.74. The van der Waals surface area contributed by atoms with E-state index in [0.29, 0.717) is 11.3 Å². The van der Waals surface area contributed by atoms with E-state index in [2.05, 4.69) is 5.32 Å². The second kappa shape index (κ2) is 6.84. The number of hydrogen-bond acceptors (Lipinski definition) is 6. The Hall–Kier alpha value is -2.67. The summed E-state index contributed by atoms with van der Waals surface area (Å²) >= 11 is 0. The monoisotopic (exact) mass is 332 g/mol. The molecule has 2 N–H and O–H groups in total. The normalized spacial score (nSPS) is 14.7. The van der Waals surface area contributed by atoms with Crippen LogP contribution in [0, 0.1) is 0 Å². The quantitative estimate of drug-likeness (QED) is 0.623. The molecule has 24 heavy (non-hydrogen) atoms. The highest BCUT2D eigenvalue weighted by molar-refractivity contribution is 6.17. The number of carbonyl (C=O) groups excluding carboxylic acids is 3. The first-order chi connectivity index (χ1) is 11.2. The number of hydrogen-bond donors (Lipinski definition) is 2. The maximum Gasteiger partial charge on any atom is 0.338 e. The minimum atomic E-state index is -0.609. The van der Waals surface area contributed by atoms with Crippen molar-refractivity contribution in [3.8, 4) is 0 Å². The van der Waals surface area contributed by atoms with E-state index in [4.69, 9.17) is 9.84 Å². The second-order valence-corrected chi connectivity index (χ2v) is 6.28. The van der Waals surface area contributed by atoms with Gasteiger partial charge in [0.1, 0.15) is 11.3 Å². The summed E-state index contributed by atoms with van der Waals surface area (Å²) in [7, 11) is 0. The lowest BCUT2D eigenvalue weighted by molar-refractivity contribution is -0.137. The molecule has 0 atom stereocenters. The van der Waals surface area contributed by atoms with Gasteiger partial charge in [-0.25, -0.2) is 4.79 Å². The summed E-state index contributed by atoms with van der Waals surface area (Å²) in [5.41, 5.74) is 0.299. The zero-order chi connectivity index (χ0) is 17.9. The Morgan fingerprint density at radius 1 is 1.29 bits per heavy atom. The third-order valence-electron chi connectivity index (χ3n) is 3.11. The molecule has 0 radical (unpaired) electrons. The number of anilines is 1. The van der Waals surface area contributed by atoms with Gasteiger partial charge < -0.3 is 15.2 Å². The molecule has 2 rings (SSSR count). The van der Waals surface area contributed by atoms with E-state index in [9.17, 15) is 14.4 Å². The Kier molecular flexibility index (Phi) is 5.04. The predicted octanol–water partition coefficient (Wildman–Crippen LogP) is 1.30. The molecule has 2 amide bonds. The lowest BCUT2D eigenvalue weighted by Crippen LogP contribution is -2.34. The topological polar surface area (TPSA) is 95.9 Å². The molecule has 0 bridgehead atoms. The molecule has 0 aromatic heterocycles. The Balaban J connectivity index is 2.13. The molecular formula is C17H20N2O5. The minimum Gasteiger partial charge on any atom is -0.456 e. The van der Waals surface area contributed by atoms with Gasteiger partial charge in [0, 0.05) is 11.8 Å². The number of aliphatic hydroxyl groups is 1. The van der Waals surface area contributed by atoms with E-state index < -0.39 is 23.4 Å². The van der Waals surface area contributed by atoms with Crippen molar-refractivity contribution in [3.63, 3.8) is 0 Å². The molecule has 0 saturated carbocycles. The van der Waals surface area contributed by atoms with Gasteiger partial charge in [-0.3, -0.25) is 14.5 Å². The number of carbonyl (C=O) groups is 3. The zero-order valence-electron chi connectivity index (χ0n) is 13.8. The van der Waals surface area contributed by atoms with Gasteiger partial charge in [0.25, 0.3) is 11.8 Å². The van der Waals surface area contributed by atoms with Gasteiger partial charge in [0.15, 0.2) is 0 Å². The van der Waals surface area contributed by atoms with Gasteiger partial charge >= 0.3 is 5.97 Å². The number of aliphatic hydroxyl groups excluding tert-OH is 1. The molecule has 1 aromatic rings. The van der Waals surface area contributed by atoms with E-state index in [0.717, 1.165) is 11.0 Å². The molecule has 7 heteroatoms. The Morgan fingerprint density at radius 3 is 2.62 bits per heavy atom. The van der Waals surface area contributed by atoms with Crippen LogP contribution in [0.15, 0.2) is 36.0 Å². The van der Waals surface area contributed by atoms with Crippen molar-refractivity contribution in [1.29, 1.82) is 0 Å². The average molecular weight is 332 g/mol. The Bertz CT molecular complexity index is 703. The number of β-amino-alcohol motifs (C(OH)–C–C–N with tert-alkyl or cyclic N) is 1. The first-order valence-electron chi connectivity index (χ1n) is 7.50. The van der Waals surface area contributed by atoms with Gasteiger partial charge in [-0.15, -0.1) is 0 Å². The van der Waals surface area contributed by atoms with Crippen molar-refractivity contribution >= 4 is 23.5 Å². The first-order valence-corrected chi connectivity index (χ1v) is 7.50. The fourth-order valence-corrected chi connectivity index (χ4v) is 2.13. The van der Waals surface area contributed by atoms with Gasteiger partial charge in [-0.2, -0.15) is 0 Å². The van der Waals surface area contributed by atoms with Gasteiger partial charge in [0.2, 0.25) is 0 Å². The lowest BCUT2D eigenvalue weighted by Gasteiger charge is -2.19. The summed E-state index contributed by atoms with van der Waals surface area (Å²) in [6.07, 6.45) is 1.16. The summed E-state index contributed by atoms with van der Waals surface area (Å²) in [4.78, 5) is 36.8. The highest BCUT2D eigenvalue weighted by atomic mass is 16.6. The highest BCUT2D eigenvalue weighted by Gasteiger charge is 2.30. The fourth-order valence-electron chi connectivity index (χ4n) is 2.13. The van der Waals surface area contributed by atoms with Crippen molar-refractivity contribution < 1.29 is 24.2 Å². The zero-order valence-corrected chi connectivity index (χ0v) is 13.8. The van der Waals surface area contributed by atoms with Gasteiger partial charge in [0.05, 0.1) is 18.7 Å². The molecule has 0 aliphatic carbocycles. The van der Waals surface area contributed by atoms with Crippen molar-refractivity contribution in [1.82, 2.24) is 4.90 Å². The third-order valence-corrected chi connectivity index (χ3v) is 3.11. The molecule has 1 heterocycles. The molecule has 128 valence electrons. The van der Waals surface area contributed by atoms with Gasteiger partial charge in [-0.05, 0) is 39.0 Å². The lowest BCUT2D eigenvalue weighted by atomic mass is 10.1. The van der Waals surface area contributed by atoms with Crippen LogP contribution in [0.2, 0.25) is 0 Å². The molecule has 1 aliphatic heterocycles. The third kappa shape index (κ3) is 4.20. The van der Waals surface area contributed by atoms with Crippen LogP contribution in [0.3, 0.4) is 0 Å². The van der Waals surface area contributed by atoms with Crippen LogP contribution in [-0.2, 0) is 14.3 Å². The number of amides is 2. The highest BCUT2D eigenvalue weighted by Crippen LogP contribution is 2.19. The number of nitrogens with zero attached hydrogens (tertiary/aromatic N) is 1. The second-order valence-electron chi connectivity index (χ2n) is 6.28. The summed E-state index contributed by atoms with van der Waals surface area (Å²) in [6, 6.07) is 6.46. The number of benzene rings is 1. The molecule has 0 spiro atoms. The molecular weight excluding hydrogens is 312 g/mol. The van der Waals surface area contributed by atoms with E-state index in [-0.39, 0.29) is 18.8 Å². The first kappa shape index (κ1) is 17.7. The minimum absolute atomic E-state index is 0.0582. The van der Waals surface area contributed by atoms with Gasteiger partial charge in [-0.1, -0.05) is 6.07 Å². The number of nitrogens with one attached hydrogen (secondary N) is 1. The molecule has 0 saturated heterocycles. The summed E-state index contributed by atoms with van der Waals surface area (Å²) in [5, 5.41) is 11.7. The Labute approximate surface area is 139 Å². The van der Waals surface area contributed by atoms with Crippen molar-refractivity contribution in [2.45, 2.75) is 26.4 Å². The molecule has 1 aliphatic rings. The SMILES string of the molecule is CC(C)(C)OC(=O)c1cccc(NC2=CC(=O)N(CCO)C2=O)c1. The fraction of sp³-hybridized carbons (Fsp3) is 0.353. The van der Waals surface area contributed by atoms with Crippen LogP contribution in [0.25, 0.3) is 0 Å². The van der Waals surface area contributed by atoms with E-state index >= 15 is 0 Å². The molecule has 7 nitrogen and oxygen atoms in total.